The number of fused-ring (bicyclic) bond motifs is 2. The molecule has 6 saturated heterocycles. The molecule has 0 aromatic heterocycles. The predicted octanol–water partition coefficient (Wildman–Crippen LogP) is 9.17. The van der Waals surface area contributed by atoms with Gasteiger partial charge in [0.1, 0.15) is 29.8 Å². The van der Waals surface area contributed by atoms with Gasteiger partial charge in [-0.1, -0.05) is 89.0 Å². The molecule has 6 aliphatic rings. The van der Waals surface area contributed by atoms with Crippen molar-refractivity contribution in [2.45, 2.75) is 146 Å². The summed E-state index contributed by atoms with van der Waals surface area (Å²) < 4.78 is 94.3. The average molecular weight is 2880 g/mol. The zero-order valence-corrected chi connectivity index (χ0v) is 94.4. The molecule has 0 unspecified atom stereocenters. The number of cyclic esters (lactones) is 2. The molecule has 4 amide bonds. The van der Waals surface area contributed by atoms with Crippen LogP contribution in [-0.2, 0) is 103 Å². The van der Waals surface area contributed by atoms with Gasteiger partial charge >= 0.3 is 259 Å². The summed E-state index contributed by atoms with van der Waals surface area (Å²) in [5.41, 5.74) is -1.04. The van der Waals surface area contributed by atoms with E-state index in [1.54, 1.807) is 37.5 Å². The van der Waals surface area contributed by atoms with Crippen LogP contribution in [0.25, 0.3) is 9.69 Å². The Morgan fingerprint density at radius 1 is 0.798 bits per heavy atom. The van der Waals surface area contributed by atoms with Crippen molar-refractivity contribution in [2.24, 2.45) is 0 Å². The first-order valence-electron chi connectivity index (χ1n) is 30.1. The maximum atomic E-state index is 12.7. The number of amides is 4. The summed E-state index contributed by atoms with van der Waals surface area (Å²) in [6.07, 6.45) is -2.65. The number of carboxylic acids is 3. The van der Waals surface area contributed by atoms with Crippen molar-refractivity contribution >= 4 is 331 Å². The number of anilines is 2. The van der Waals surface area contributed by atoms with Crippen molar-refractivity contribution in [3.63, 3.8) is 0 Å². The van der Waals surface area contributed by atoms with E-state index in [0.29, 0.717) is 68.7 Å². The topological polar surface area (TPSA) is 437 Å². The molecule has 0 saturated carbocycles. The van der Waals surface area contributed by atoms with Gasteiger partial charge in [0.2, 0.25) is 20.4 Å². The maximum Gasteiger partial charge on any atom is 1.00 e. The summed E-state index contributed by atoms with van der Waals surface area (Å²) in [7, 11) is 7.99. The van der Waals surface area contributed by atoms with Gasteiger partial charge < -0.3 is 78.0 Å². The van der Waals surface area contributed by atoms with Crippen LogP contribution >= 0.6 is 234 Å². The molecule has 114 heavy (non-hydrogen) atoms. The first-order chi connectivity index (χ1) is 51.3. The van der Waals surface area contributed by atoms with Crippen LogP contribution in [0.3, 0.4) is 0 Å². The number of alkyl halides is 10. The minimum Gasteiger partial charge on any atom is 1.00 e. The van der Waals surface area contributed by atoms with Crippen LogP contribution in [-0.4, -0.2) is 198 Å². The van der Waals surface area contributed by atoms with Crippen LogP contribution in [0, 0.1) is 13.1 Å². The Kier molecular flexibility index (Phi) is 83.6. The van der Waals surface area contributed by atoms with Gasteiger partial charge in [0, 0.05) is 111 Å². The van der Waals surface area contributed by atoms with E-state index in [9.17, 15) is 79.4 Å². The number of aliphatic hydroxyl groups is 1. The molecule has 54 heteroatoms. The van der Waals surface area contributed by atoms with E-state index >= 15 is 0 Å². The van der Waals surface area contributed by atoms with Crippen molar-refractivity contribution in [1.82, 2.24) is 20.0 Å². The van der Waals surface area contributed by atoms with Gasteiger partial charge in [-0.25, -0.2) is 28.3 Å². The summed E-state index contributed by atoms with van der Waals surface area (Å²) in [5, 5.41) is 48.9. The van der Waals surface area contributed by atoms with Crippen molar-refractivity contribution in [3.05, 3.63) is 94.7 Å². The summed E-state index contributed by atoms with van der Waals surface area (Å²) in [4.78, 5) is 131. The molecule has 8 rings (SSSR count). The van der Waals surface area contributed by atoms with Crippen LogP contribution in [0.15, 0.2) is 60.7 Å². The summed E-state index contributed by atoms with van der Waals surface area (Å²) in [6.45, 7) is 30.2. The number of esters is 2. The molecule has 10 N–H and O–H groups in total. The number of halogens is 20. The SMILES string of the molecule is C=C(C)C(=O)Cl.C=C(C)C(=O)N1CCC[C@@H]1C(=O)O.C[C@@]1(CBr)OC(=O)[C@H]2CCCN2C1=O.C[C@@]1(CBr)OC(=O)[C@H]2CCCN2C1=O.II.O.O=C(O)CCBr.O=C(O)[C@H]1CCCN1.O=CO[O-].O=S(Cl)Cl.[C-]#[N+]c1ccc(N)cc1C(F)(F)F.[C-]#[N+]c1ccc(NC(=O)[C@@](C)(O)CBr)cc1C(F)(F)F.[H-].[I][V]([I])[I].[I][V][I].[K+].[K+]. The van der Waals surface area contributed by atoms with Gasteiger partial charge in [-0.3, -0.25) is 38.4 Å². The van der Waals surface area contributed by atoms with Gasteiger partial charge in [0.05, 0.1) is 41.4 Å². The van der Waals surface area contributed by atoms with Gasteiger partial charge in [-0.2, -0.15) is 26.3 Å². The first-order valence-corrected chi connectivity index (χ1v) is 66.6. The van der Waals surface area contributed by atoms with E-state index < -0.39 is 96.0 Å². The van der Waals surface area contributed by atoms with E-state index in [4.69, 9.17) is 69.5 Å². The third kappa shape index (κ3) is 56.2. The molecular weight excluding hydrogens is 2810 g/mol. The molecule has 0 bridgehead atoms. The Morgan fingerprint density at radius 2 is 1.18 bits per heavy atom. The summed E-state index contributed by atoms with van der Waals surface area (Å²) in [5.74, 6) is -4.16. The number of nitrogens with one attached hydrogen (secondary N) is 2. The number of nitrogens with zero attached hydrogens (tertiary/aromatic N) is 5. The second-order valence-corrected chi connectivity index (χ2v) is 74.8. The quantitative estimate of drug-likeness (QED) is 0.00846. The van der Waals surface area contributed by atoms with Crippen LogP contribution in [0.4, 0.5) is 49.1 Å². The fourth-order valence-corrected chi connectivity index (χ4v) is 9.89. The summed E-state index contributed by atoms with van der Waals surface area (Å²) >= 11 is 33.5. The number of allylic oxidation sites excluding steroid dienone is 1. The molecule has 0 aliphatic carbocycles. The molecule has 639 valence electrons. The second kappa shape index (κ2) is 72.0. The Hall–Kier alpha value is 2.98. The number of hydrogen-bond donors (Lipinski definition) is 7. The Bertz CT molecular complexity index is 3460. The predicted molar refractivity (Wildman–Crippen MR) is 476 cm³/mol. The minimum absolute atomic E-state index is 0. The van der Waals surface area contributed by atoms with Crippen molar-refractivity contribution in [3.8, 4) is 0 Å². The summed E-state index contributed by atoms with van der Waals surface area (Å²) in [6, 6.07) is 4.32. The number of rotatable bonds is 12. The Labute approximate surface area is 881 Å². The van der Waals surface area contributed by atoms with Crippen LogP contribution in [0.1, 0.15) is 105 Å². The molecule has 2 aromatic rings. The molecule has 6 fully saturated rings. The van der Waals surface area contributed by atoms with Gasteiger partial charge in [0.25, 0.3) is 24.2 Å². The molecule has 6 aliphatic heterocycles. The second-order valence-electron chi connectivity index (χ2n) is 22.3. The number of nitrogens with two attached hydrogens (primary N) is 1. The number of ether oxygens (including phenoxy) is 2. The van der Waals surface area contributed by atoms with Crippen LogP contribution < -0.4 is 124 Å². The van der Waals surface area contributed by atoms with E-state index in [0.717, 1.165) is 69.7 Å². The minimum atomic E-state index is -4.70. The third-order valence-electron chi connectivity index (χ3n) is 13.7. The van der Waals surface area contributed by atoms with Crippen molar-refractivity contribution < 1.29 is 247 Å². The maximum absolute atomic E-state index is 12.7. The van der Waals surface area contributed by atoms with Crippen LogP contribution in [0.5, 0.6) is 0 Å². The Balaban J connectivity index is -0.000000157. The smallest absolute Gasteiger partial charge is 1.00 e. The number of morpholine rings is 2. The van der Waals surface area contributed by atoms with Gasteiger partial charge in [-0.05, 0) is 128 Å². The number of nitrogen functional groups attached to an aromatic ring is 1. The van der Waals surface area contributed by atoms with Gasteiger partial charge in [0.15, 0.2) is 22.6 Å². The number of likely N-dealkylation sites (tertiary alicyclic amines) is 1. The molecule has 7 atom stereocenters. The number of carbonyl (C=O) groups is 11. The Morgan fingerprint density at radius 3 is 1.45 bits per heavy atom. The third-order valence-corrected chi connectivity index (χ3v) is 17.7. The first kappa shape index (κ1) is 132. The fraction of sp³-hybridized carbons (Fsp3) is 0.517. The molecule has 2 aromatic carbocycles. The number of carbonyl (C=O) groups excluding carboxylic acids is 8. The number of aliphatic carboxylic acids is 3. The van der Waals surface area contributed by atoms with E-state index in [2.05, 4.69) is 261 Å². The van der Waals surface area contributed by atoms with Crippen LogP contribution in [0.2, 0.25) is 0 Å². The molecule has 6 heterocycles. The molecule has 29 nitrogen and oxygen atoms in total. The normalized spacial score (nSPS) is 19.1. The monoisotopic (exact) mass is 2880 g/mol. The van der Waals surface area contributed by atoms with Crippen molar-refractivity contribution in [2.75, 3.05) is 58.5 Å². The zero-order valence-electron chi connectivity index (χ0n) is 61.8. The van der Waals surface area contributed by atoms with E-state index in [1.165, 1.54) is 24.0 Å². The molecule has 0 spiro atoms. The molecule has 0 radical (unpaired) electrons. The zero-order chi connectivity index (χ0) is 87.7. The number of carboxylic acid groups (broad SMARTS) is 3. The van der Waals surface area contributed by atoms with E-state index in [1.807, 2.05) is 0 Å². The standard InChI is InChI=1S/C12H10BrF3N2O2.2C9H12BrNO3.C9H13NO3.C8H5F3N2.C5H9NO2.C4H5ClO.C3H5BrO2.CH2O3.Cl2OS.I2.5HI.2K.H2O.2V.H/c1-11(20,6-13)10(19)18-7-3-4-9(17-2)8(5-7)12(14,15)16;2*1-9(5-10)8(13)11-4-2-3-6(11)7(12)14-9;1-6(2)8(11)10-5-3-4-7(10)9(12)13;1-13-7-3-2-5(12)4-6(7)8(9,10)11;7-5(8)4-2-1-3-6-4;1-3(2)4(5)6;4-2-1-3(5)6;2-1-4-3;1-4(2)3;1-2;;;;;;;;;;;/h3-5,20H,6H2,1H3,(H,18,19);2*6H,2-5H2,1H3;7H,1,3-5H2,2H3,(H,12,13);2-4H,12H2;4,6H,1-3H2,(H,7,8);1H2,2H3;1-2H2,(H,5,6);1,3H;;;5*1H;;;1H2;;;/q;;;;;;;;;;;;;;;;2*+1;;+2;+3;-1/p-6/t11-;2*6-,9+;7-;;4-;;;;;;;;;;;;;;;;/m0111.1................/s1. The van der Waals surface area contributed by atoms with Crippen molar-refractivity contribution in [1.29, 1.82) is 0 Å². The molecular formula is C60H75Br4Cl3F6I7K2N8O21SV2. The van der Waals surface area contributed by atoms with Gasteiger partial charge in [-0.15, -0.1) is 0 Å². The fourth-order valence-electron chi connectivity index (χ4n) is 8.58. The average Bonchev–Trinajstić information content (AvgIpc) is 1.71. The largest absolute Gasteiger partial charge is 1.00 e. The number of hydrogen-bond acceptors (Lipinski definition) is 19. The number of benzene rings is 2. The van der Waals surface area contributed by atoms with E-state index in [-0.39, 0.29) is 192 Å².